The number of nitrogens with zero attached hydrogens (tertiary/aromatic N) is 2. The molecule has 1 unspecified atom stereocenters. The van der Waals surface area contributed by atoms with Crippen LogP contribution >= 0.6 is 23.1 Å². The maximum Gasteiger partial charge on any atom is 0.413 e. The summed E-state index contributed by atoms with van der Waals surface area (Å²) in [6.07, 6.45) is -0.634. The third-order valence-corrected chi connectivity index (χ3v) is 5.90. The quantitative estimate of drug-likeness (QED) is 0.443. The molecular formula is C14H17N5O5S3. The third-order valence-electron chi connectivity index (χ3n) is 2.97. The molecule has 0 saturated heterocycles. The average molecular weight is 432 g/mol. The summed E-state index contributed by atoms with van der Waals surface area (Å²) in [6, 6.07) is 5.64. The van der Waals surface area contributed by atoms with Crippen molar-refractivity contribution in [1.29, 1.82) is 0 Å². The van der Waals surface area contributed by atoms with Crippen molar-refractivity contribution in [3.63, 3.8) is 0 Å². The number of primary sulfonamides is 1. The highest BCUT2D eigenvalue weighted by Gasteiger charge is 2.19. The number of amides is 2. The number of thioether (sulfide) groups is 1. The van der Waals surface area contributed by atoms with E-state index < -0.39 is 21.4 Å². The number of carbonyl (C=O) groups is 2. The number of ether oxygens (including phenoxy) is 1. The summed E-state index contributed by atoms with van der Waals surface area (Å²) in [6.45, 7) is 3.57. The van der Waals surface area contributed by atoms with Crippen molar-refractivity contribution in [2.24, 2.45) is 5.14 Å². The van der Waals surface area contributed by atoms with E-state index in [1.165, 1.54) is 18.2 Å². The largest absolute Gasteiger partial charge is 0.450 e. The van der Waals surface area contributed by atoms with Crippen molar-refractivity contribution in [1.82, 2.24) is 10.2 Å². The van der Waals surface area contributed by atoms with E-state index in [1.54, 1.807) is 19.9 Å². The number of sulfonamides is 1. The minimum absolute atomic E-state index is 0.0978. The van der Waals surface area contributed by atoms with Gasteiger partial charge in [-0.1, -0.05) is 29.2 Å². The van der Waals surface area contributed by atoms with Gasteiger partial charge in [0, 0.05) is 5.69 Å². The van der Waals surface area contributed by atoms with Gasteiger partial charge in [0.1, 0.15) is 0 Å². The Bertz CT molecular complexity index is 931. The molecule has 2 aromatic rings. The standard InChI is InChI=1S/C14H17N5O5S3/c1-3-24-13(21)17-12-18-19-14(26-12)25-8(2)11(20)16-9-5-4-6-10(7-9)27(15,22)23/h4-8H,3H2,1-2H3,(H,16,20)(H2,15,22,23)(H,17,18,21). The zero-order valence-electron chi connectivity index (χ0n) is 14.3. The molecule has 0 aliphatic heterocycles. The first-order valence-corrected chi connectivity index (χ1v) is 10.8. The van der Waals surface area contributed by atoms with Crippen molar-refractivity contribution in [2.75, 3.05) is 17.2 Å². The SMILES string of the molecule is CCOC(=O)Nc1nnc(SC(C)C(=O)Nc2cccc(S(N)(=O)=O)c2)s1. The van der Waals surface area contributed by atoms with Crippen molar-refractivity contribution in [2.45, 2.75) is 28.3 Å². The molecule has 1 atom stereocenters. The maximum atomic E-state index is 12.3. The second-order valence-corrected chi connectivity index (χ2v) is 9.17. The van der Waals surface area contributed by atoms with Crippen LogP contribution in [0.2, 0.25) is 0 Å². The number of rotatable bonds is 7. The number of carbonyl (C=O) groups excluding carboxylic acids is 2. The van der Waals surface area contributed by atoms with E-state index in [0.29, 0.717) is 10.0 Å². The molecule has 0 radical (unpaired) electrons. The number of hydrogen-bond donors (Lipinski definition) is 3. The van der Waals surface area contributed by atoms with Crippen LogP contribution in [-0.2, 0) is 19.6 Å². The monoisotopic (exact) mass is 431 g/mol. The maximum absolute atomic E-state index is 12.3. The number of benzene rings is 1. The highest BCUT2D eigenvalue weighted by molar-refractivity contribution is 8.02. The van der Waals surface area contributed by atoms with Gasteiger partial charge < -0.3 is 10.1 Å². The van der Waals surface area contributed by atoms with Gasteiger partial charge in [-0.15, -0.1) is 10.2 Å². The van der Waals surface area contributed by atoms with Gasteiger partial charge in [0.25, 0.3) is 0 Å². The van der Waals surface area contributed by atoms with E-state index in [0.717, 1.165) is 23.1 Å². The Labute approximate surface area is 163 Å². The first kappa shape index (κ1) is 21.1. The number of nitrogens with two attached hydrogens (primary N) is 1. The Morgan fingerprint density at radius 3 is 2.74 bits per heavy atom. The van der Waals surface area contributed by atoms with Crippen LogP contribution in [-0.4, -0.2) is 42.5 Å². The molecule has 0 aliphatic carbocycles. The lowest BCUT2D eigenvalue weighted by Gasteiger charge is -2.11. The molecule has 13 heteroatoms. The molecule has 1 aromatic carbocycles. The summed E-state index contributed by atoms with van der Waals surface area (Å²) in [5.41, 5.74) is 0.306. The van der Waals surface area contributed by atoms with Crippen LogP contribution in [0.4, 0.5) is 15.6 Å². The molecule has 1 heterocycles. The van der Waals surface area contributed by atoms with E-state index in [9.17, 15) is 18.0 Å². The predicted octanol–water partition coefficient (Wildman–Crippen LogP) is 1.87. The Balaban J connectivity index is 1.96. The molecule has 0 saturated carbocycles. The van der Waals surface area contributed by atoms with Crippen LogP contribution in [0.1, 0.15) is 13.8 Å². The van der Waals surface area contributed by atoms with Crippen LogP contribution in [0.3, 0.4) is 0 Å². The molecule has 10 nitrogen and oxygen atoms in total. The number of anilines is 2. The zero-order chi connectivity index (χ0) is 20.0. The lowest BCUT2D eigenvalue weighted by Crippen LogP contribution is -2.22. The van der Waals surface area contributed by atoms with E-state index in [4.69, 9.17) is 9.88 Å². The van der Waals surface area contributed by atoms with E-state index in [1.807, 2.05) is 0 Å². The number of hydrogen-bond acceptors (Lipinski definition) is 9. The molecule has 4 N–H and O–H groups in total. The van der Waals surface area contributed by atoms with Gasteiger partial charge in [0.15, 0.2) is 4.34 Å². The summed E-state index contributed by atoms with van der Waals surface area (Å²) in [4.78, 5) is 23.5. The molecule has 2 rings (SSSR count). The summed E-state index contributed by atoms with van der Waals surface area (Å²) < 4.78 is 28.0. The summed E-state index contributed by atoms with van der Waals surface area (Å²) >= 11 is 2.24. The first-order valence-electron chi connectivity index (χ1n) is 7.56. The van der Waals surface area contributed by atoms with E-state index >= 15 is 0 Å². The lowest BCUT2D eigenvalue weighted by atomic mass is 10.3. The number of aromatic nitrogens is 2. The Morgan fingerprint density at radius 1 is 1.33 bits per heavy atom. The van der Waals surface area contributed by atoms with Crippen LogP contribution in [0.5, 0.6) is 0 Å². The molecule has 0 bridgehead atoms. The van der Waals surface area contributed by atoms with Gasteiger partial charge in [-0.25, -0.2) is 18.4 Å². The lowest BCUT2D eigenvalue weighted by molar-refractivity contribution is -0.115. The minimum atomic E-state index is -3.86. The topological polar surface area (TPSA) is 153 Å². The van der Waals surface area contributed by atoms with Crippen LogP contribution in [0.25, 0.3) is 0 Å². The molecule has 0 spiro atoms. The minimum Gasteiger partial charge on any atom is -0.450 e. The van der Waals surface area contributed by atoms with E-state index in [2.05, 4.69) is 20.8 Å². The van der Waals surface area contributed by atoms with Crippen LogP contribution in [0.15, 0.2) is 33.5 Å². The van der Waals surface area contributed by atoms with Gasteiger partial charge in [-0.2, -0.15) is 0 Å². The van der Waals surface area contributed by atoms with Crippen molar-refractivity contribution >= 4 is 55.9 Å². The fraction of sp³-hybridized carbons (Fsp3) is 0.286. The fourth-order valence-electron chi connectivity index (χ4n) is 1.76. The average Bonchev–Trinajstić information content (AvgIpc) is 3.01. The van der Waals surface area contributed by atoms with Crippen molar-refractivity contribution < 1.29 is 22.7 Å². The highest BCUT2D eigenvalue weighted by Crippen LogP contribution is 2.29. The second kappa shape index (κ2) is 9.12. The zero-order valence-corrected chi connectivity index (χ0v) is 16.8. The summed E-state index contributed by atoms with van der Waals surface area (Å²) in [5, 5.41) is 17.5. The molecule has 0 aliphatic rings. The van der Waals surface area contributed by atoms with Gasteiger partial charge >= 0.3 is 6.09 Å². The van der Waals surface area contributed by atoms with Crippen LogP contribution in [0, 0.1) is 0 Å². The molecule has 2 amide bonds. The Hall–Kier alpha value is -2.22. The molecular weight excluding hydrogens is 414 g/mol. The molecule has 1 aromatic heterocycles. The Kier molecular flexibility index (Phi) is 7.12. The van der Waals surface area contributed by atoms with Crippen LogP contribution < -0.4 is 15.8 Å². The Morgan fingerprint density at radius 2 is 2.07 bits per heavy atom. The second-order valence-electron chi connectivity index (χ2n) is 5.04. The summed E-state index contributed by atoms with van der Waals surface area (Å²) in [5.74, 6) is -0.360. The predicted molar refractivity (Wildman–Crippen MR) is 102 cm³/mol. The van der Waals surface area contributed by atoms with E-state index in [-0.39, 0.29) is 22.5 Å². The normalized spacial score (nSPS) is 12.3. The number of nitrogens with one attached hydrogen (secondary N) is 2. The third kappa shape index (κ3) is 6.46. The van der Waals surface area contributed by atoms with Gasteiger partial charge in [0.2, 0.25) is 21.1 Å². The van der Waals surface area contributed by atoms with Gasteiger partial charge in [0.05, 0.1) is 16.8 Å². The molecule has 0 fully saturated rings. The van der Waals surface area contributed by atoms with Gasteiger partial charge in [-0.05, 0) is 32.0 Å². The van der Waals surface area contributed by atoms with Gasteiger partial charge in [-0.3, -0.25) is 10.1 Å². The summed E-state index contributed by atoms with van der Waals surface area (Å²) in [7, 11) is -3.86. The smallest absolute Gasteiger partial charge is 0.413 e. The first-order chi connectivity index (χ1) is 12.7. The molecule has 27 heavy (non-hydrogen) atoms. The fourth-order valence-corrected chi connectivity index (χ4v) is 4.20. The van der Waals surface area contributed by atoms with Crippen molar-refractivity contribution in [3.8, 4) is 0 Å². The van der Waals surface area contributed by atoms with Crippen molar-refractivity contribution in [3.05, 3.63) is 24.3 Å². The highest BCUT2D eigenvalue weighted by atomic mass is 32.2. The molecule has 146 valence electrons.